The van der Waals surface area contributed by atoms with E-state index in [2.05, 4.69) is 41.6 Å². The molecule has 4 nitrogen and oxygen atoms in total. The van der Waals surface area contributed by atoms with Crippen LogP contribution in [0.5, 0.6) is 0 Å². The second kappa shape index (κ2) is 5.49. The first-order chi connectivity index (χ1) is 8.63. The van der Waals surface area contributed by atoms with E-state index in [4.69, 9.17) is 0 Å². The number of benzene rings is 1. The molecule has 94 valence electrons. The molecule has 18 heavy (non-hydrogen) atoms. The van der Waals surface area contributed by atoms with Gasteiger partial charge in [0.05, 0.1) is 11.9 Å². The lowest BCUT2D eigenvalue weighted by molar-refractivity contribution is -0.116. The SMILES string of the molecule is Cc1ccc(CCC(=O)Nc2cnn(C)c2)cc1. The lowest BCUT2D eigenvalue weighted by Gasteiger charge is -2.03. The largest absolute Gasteiger partial charge is 0.323 e. The highest BCUT2D eigenvalue weighted by Crippen LogP contribution is 2.08. The lowest BCUT2D eigenvalue weighted by Crippen LogP contribution is -2.11. The maximum absolute atomic E-state index is 11.7. The molecule has 0 saturated carbocycles. The van der Waals surface area contributed by atoms with E-state index in [1.54, 1.807) is 17.1 Å². The van der Waals surface area contributed by atoms with Crippen molar-refractivity contribution in [2.45, 2.75) is 19.8 Å². The molecule has 2 rings (SSSR count). The number of anilines is 1. The fourth-order valence-corrected chi connectivity index (χ4v) is 1.72. The van der Waals surface area contributed by atoms with Crippen LogP contribution in [0.1, 0.15) is 17.5 Å². The zero-order valence-corrected chi connectivity index (χ0v) is 10.7. The second-order valence-electron chi connectivity index (χ2n) is 4.44. The van der Waals surface area contributed by atoms with E-state index in [-0.39, 0.29) is 5.91 Å². The topological polar surface area (TPSA) is 46.9 Å². The molecule has 0 radical (unpaired) electrons. The summed E-state index contributed by atoms with van der Waals surface area (Å²) in [6.45, 7) is 2.05. The summed E-state index contributed by atoms with van der Waals surface area (Å²) in [6, 6.07) is 8.25. The standard InChI is InChI=1S/C14H17N3O/c1-11-3-5-12(6-4-11)7-8-14(18)16-13-9-15-17(2)10-13/h3-6,9-10H,7-8H2,1-2H3,(H,16,18). The van der Waals surface area contributed by atoms with Crippen molar-refractivity contribution in [1.82, 2.24) is 9.78 Å². The van der Waals surface area contributed by atoms with E-state index in [1.165, 1.54) is 11.1 Å². The third-order valence-corrected chi connectivity index (χ3v) is 2.75. The minimum absolute atomic E-state index is 0.0172. The Bertz CT molecular complexity index is 528. The molecule has 0 bridgehead atoms. The van der Waals surface area contributed by atoms with Crippen molar-refractivity contribution in [3.63, 3.8) is 0 Å². The molecule has 0 spiro atoms. The number of amides is 1. The first kappa shape index (κ1) is 12.4. The Balaban J connectivity index is 1.83. The minimum Gasteiger partial charge on any atom is -0.323 e. The van der Waals surface area contributed by atoms with E-state index < -0.39 is 0 Å². The van der Waals surface area contributed by atoms with Crippen LogP contribution in [-0.2, 0) is 18.3 Å². The summed E-state index contributed by atoms with van der Waals surface area (Å²) in [7, 11) is 1.82. The van der Waals surface area contributed by atoms with Gasteiger partial charge in [0.1, 0.15) is 0 Å². The van der Waals surface area contributed by atoms with Crippen LogP contribution in [-0.4, -0.2) is 15.7 Å². The Morgan fingerprint density at radius 1 is 1.33 bits per heavy atom. The van der Waals surface area contributed by atoms with Crippen molar-refractivity contribution < 1.29 is 4.79 Å². The normalized spacial score (nSPS) is 10.3. The van der Waals surface area contributed by atoms with Gasteiger partial charge in [-0.25, -0.2) is 0 Å². The van der Waals surface area contributed by atoms with Crippen LogP contribution in [0.3, 0.4) is 0 Å². The van der Waals surface area contributed by atoms with Gasteiger partial charge >= 0.3 is 0 Å². The molecule has 0 aliphatic carbocycles. The Kier molecular flexibility index (Phi) is 3.77. The molecular weight excluding hydrogens is 226 g/mol. The number of aromatic nitrogens is 2. The van der Waals surface area contributed by atoms with Crippen LogP contribution in [0.2, 0.25) is 0 Å². The van der Waals surface area contributed by atoms with Gasteiger partial charge in [-0.05, 0) is 18.9 Å². The average Bonchev–Trinajstić information content (AvgIpc) is 2.74. The quantitative estimate of drug-likeness (QED) is 0.895. The molecule has 0 unspecified atom stereocenters. The lowest BCUT2D eigenvalue weighted by atomic mass is 10.1. The van der Waals surface area contributed by atoms with Crippen molar-refractivity contribution in [3.8, 4) is 0 Å². The zero-order chi connectivity index (χ0) is 13.0. The van der Waals surface area contributed by atoms with Gasteiger partial charge in [0.25, 0.3) is 0 Å². The van der Waals surface area contributed by atoms with E-state index in [9.17, 15) is 4.79 Å². The van der Waals surface area contributed by atoms with Gasteiger partial charge in [0.15, 0.2) is 0 Å². The van der Waals surface area contributed by atoms with E-state index >= 15 is 0 Å². The summed E-state index contributed by atoms with van der Waals surface area (Å²) in [4.78, 5) is 11.7. The summed E-state index contributed by atoms with van der Waals surface area (Å²) in [5, 5.41) is 6.82. The average molecular weight is 243 g/mol. The summed E-state index contributed by atoms with van der Waals surface area (Å²) >= 11 is 0. The fourth-order valence-electron chi connectivity index (χ4n) is 1.72. The molecule has 0 saturated heterocycles. The molecule has 1 heterocycles. The molecule has 0 aliphatic heterocycles. The first-order valence-corrected chi connectivity index (χ1v) is 5.97. The second-order valence-corrected chi connectivity index (χ2v) is 4.44. The highest BCUT2D eigenvalue weighted by Gasteiger charge is 2.04. The molecule has 0 fully saturated rings. The monoisotopic (exact) mass is 243 g/mol. The van der Waals surface area contributed by atoms with Gasteiger partial charge in [-0.2, -0.15) is 5.10 Å². The van der Waals surface area contributed by atoms with Gasteiger partial charge in [-0.1, -0.05) is 29.8 Å². The fraction of sp³-hybridized carbons (Fsp3) is 0.286. The summed E-state index contributed by atoms with van der Waals surface area (Å²) in [6.07, 6.45) is 4.66. The molecule has 4 heteroatoms. The van der Waals surface area contributed by atoms with Crippen molar-refractivity contribution in [3.05, 3.63) is 47.8 Å². The van der Waals surface area contributed by atoms with Crippen LogP contribution in [0.25, 0.3) is 0 Å². The number of carbonyl (C=O) groups is 1. The van der Waals surface area contributed by atoms with Gasteiger partial charge < -0.3 is 5.32 Å². The number of nitrogens with one attached hydrogen (secondary N) is 1. The van der Waals surface area contributed by atoms with Gasteiger partial charge in [0.2, 0.25) is 5.91 Å². The minimum atomic E-state index is 0.0172. The Morgan fingerprint density at radius 3 is 2.67 bits per heavy atom. The maximum atomic E-state index is 11.7. The van der Waals surface area contributed by atoms with Gasteiger partial charge in [-0.15, -0.1) is 0 Å². The predicted octanol–water partition coefficient (Wildman–Crippen LogP) is 2.30. The number of aryl methyl sites for hydroxylation is 3. The zero-order valence-electron chi connectivity index (χ0n) is 10.7. The number of hydrogen-bond donors (Lipinski definition) is 1. The van der Waals surface area contributed by atoms with E-state index in [0.717, 1.165) is 12.1 Å². The number of nitrogens with zero attached hydrogens (tertiary/aromatic N) is 2. The highest BCUT2D eigenvalue weighted by atomic mass is 16.1. The van der Waals surface area contributed by atoms with Crippen molar-refractivity contribution in [2.24, 2.45) is 7.05 Å². The Hall–Kier alpha value is -2.10. The molecule has 1 amide bonds. The number of carbonyl (C=O) groups excluding carboxylic acids is 1. The van der Waals surface area contributed by atoms with Crippen LogP contribution in [0.15, 0.2) is 36.7 Å². The van der Waals surface area contributed by atoms with E-state index in [1.807, 2.05) is 7.05 Å². The smallest absolute Gasteiger partial charge is 0.224 e. The molecule has 0 aliphatic rings. The first-order valence-electron chi connectivity index (χ1n) is 5.97. The van der Waals surface area contributed by atoms with Gasteiger partial charge in [0, 0.05) is 19.7 Å². The van der Waals surface area contributed by atoms with E-state index in [0.29, 0.717) is 6.42 Å². The summed E-state index contributed by atoms with van der Waals surface area (Å²) in [5.41, 5.74) is 3.16. The van der Waals surface area contributed by atoms with Gasteiger partial charge in [-0.3, -0.25) is 9.48 Å². The molecule has 0 atom stereocenters. The Labute approximate surface area is 107 Å². The highest BCUT2D eigenvalue weighted by molar-refractivity contribution is 5.90. The van der Waals surface area contributed by atoms with Crippen LogP contribution in [0.4, 0.5) is 5.69 Å². The van der Waals surface area contributed by atoms with Crippen LogP contribution < -0.4 is 5.32 Å². The van der Waals surface area contributed by atoms with Crippen molar-refractivity contribution in [2.75, 3.05) is 5.32 Å². The summed E-state index contributed by atoms with van der Waals surface area (Å²) < 4.78 is 1.66. The molecular formula is C14H17N3O. The molecule has 1 N–H and O–H groups in total. The van der Waals surface area contributed by atoms with Crippen molar-refractivity contribution in [1.29, 1.82) is 0 Å². The molecule has 2 aromatic rings. The van der Waals surface area contributed by atoms with Crippen LogP contribution >= 0.6 is 0 Å². The van der Waals surface area contributed by atoms with Crippen molar-refractivity contribution >= 4 is 11.6 Å². The third kappa shape index (κ3) is 3.45. The van der Waals surface area contributed by atoms with Crippen LogP contribution in [0, 0.1) is 6.92 Å². The third-order valence-electron chi connectivity index (χ3n) is 2.75. The predicted molar refractivity (Wildman–Crippen MR) is 71.3 cm³/mol. The molecule has 1 aromatic carbocycles. The number of rotatable bonds is 4. The number of hydrogen-bond acceptors (Lipinski definition) is 2. The summed E-state index contributed by atoms with van der Waals surface area (Å²) in [5.74, 6) is 0.0172. The molecule has 1 aromatic heterocycles. The maximum Gasteiger partial charge on any atom is 0.224 e. The Morgan fingerprint density at radius 2 is 2.06 bits per heavy atom.